The number of hydrogen-bond acceptors (Lipinski definition) is 3. The zero-order valence-electron chi connectivity index (χ0n) is 18.5. The molecule has 0 aliphatic rings. The molecule has 0 unspecified atom stereocenters. The van der Waals surface area contributed by atoms with Crippen molar-refractivity contribution in [1.29, 1.82) is 0 Å². The molecule has 0 fully saturated rings. The second-order valence-corrected chi connectivity index (χ2v) is 9.31. The molecule has 5 heteroatoms. The molecule has 29 heavy (non-hydrogen) atoms. The van der Waals surface area contributed by atoms with E-state index in [1.807, 2.05) is 6.07 Å². The molecule has 2 rings (SSSR count). The molecule has 0 heterocycles. The van der Waals surface area contributed by atoms with Gasteiger partial charge in [-0.05, 0) is 52.3 Å². The first kappa shape index (κ1) is 22.5. The van der Waals surface area contributed by atoms with Crippen molar-refractivity contribution >= 4 is 23.2 Å². The maximum atomic E-state index is 12.3. The second-order valence-electron chi connectivity index (χ2n) is 9.31. The van der Waals surface area contributed by atoms with Crippen molar-refractivity contribution in [2.75, 3.05) is 17.2 Å². The molecule has 2 N–H and O–H groups in total. The Morgan fingerprint density at radius 1 is 0.828 bits per heavy atom. The number of carbonyl (C=O) groups is 2. The van der Waals surface area contributed by atoms with Gasteiger partial charge in [-0.3, -0.25) is 9.59 Å². The molecule has 156 valence electrons. The highest BCUT2D eigenvalue weighted by atomic mass is 16.5. The zero-order chi connectivity index (χ0) is 21.8. The minimum atomic E-state index is -0.239. The Hall–Kier alpha value is -2.82. The molecule has 0 spiro atoms. The van der Waals surface area contributed by atoms with E-state index in [-0.39, 0.29) is 29.3 Å². The van der Waals surface area contributed by atoms with Gasteiger partial charge in [0, 0.05) is 18.3 Å². The Morgan fingerprint density at radius 2 is 1.38 bits per heavy atom. The van der Waals surface area contributed by atoms with E-state index in [9.17, 15) is 9.59 Å². The molecule has 0 saturated carbocycles. The lowest BCUT2D eigenvalue weighted by molar-refractivity contribution is -0.118. The average molecular weight is 397 g/mol. The van der Waals surface area contributed by atoms with Crippen LogP contribution in [0.25, 0.3) is 0 Å². The van der Waals surface area contributed by atoms with Crippen LogP contribution in [0.15, 0.2) is 42.5 Å². The van der Waals surface area contributed by atoms with Crippen molar-refractivity contribution in [3.05, 3.63) is 53.6 Å². The second kappa shape index (κ2) is 8.68. The minimum Gasteiger partial charge on any atom is -0.483 e. The summed E-state index contributed by atoms with van der Waals surface area (Å²) >= 11 is 0. The first-order chi connectivity index (χ1) is 13.4. The van der Waals surface area contributed by atoms with Crippen LogP contribution in [0.4, 0.5) is 11.4 Å². The smallest absolute Gasteiger partial charge is 0.262 e. The number of hydrogen-bond donors (Lipinski definition) is 2. The van der Waals surface area contributed by atoms with Crippen LogP contribution in [-0.2, 0) is 20.4 Å². The molecule has 0 saturated heterocycles. The highest BCUT2D eigenvalue weighted by molar-refractivity contribution is 5.93. The normalized spacial score (nSPS) is 11.7. The lowest BCUT2D eigenvalue weighted by Crippen LogP contribution is -2.22. The molecule has 5 nitrogen and oxygen atoms in total. The standard InChI is InChI=1S/C24H32N2O3/c1-16(27)25-18-9-11-19(12-10-18)26-22(28)15-29-21-13-8-17(23(2,3)4)14-20(21)24(5,6)7/h8-14H,15H2,1-7H3,(H,25,27)(H,26,28). The Balaban J connectivity index is 2.07. The number of ether oxygens (including phenoxy) is 1. The molecule has 2 aromatic carbocycles. The van der Waals surface area contributed by atoms with Crippen LogP contribution < -0.4 is 15.4 Å². The monoisotopic (exact) mass is 396 g/mol. The van der Waals surface area contributed by atoms with Crippen molar-refractivity contribution in [2.24, 2.45) is 0 Å². The summed E-state index contributed by atoms with van der Waals surface area (Å²) in [5.41, 5.74) is 3.58. The van der Waals surface area contributed by atoms with Crippen LogP contribution in [0.3, 0.4) is 0 Å². The van der Waals surface area contributed by atoms with Gasteiger partial charge in [-0.15, -0.1) is 0 Å². The van der Waals surface area contributed by atoms with Crippen molar-refractivity contribution in [1.82, 2.24) is 0 Å². The van der Waals surface area contributed by atoms with Gasteiger partial charge in [-0.1, -0.05) is 53.7 Å². The van der Waals surface area contributed by atoms with Crippen molar-refractivity contribution in [3.8, 4) is 5.75 Å². The van der Waals surface area contributed by atoms with Gasteiger partial charge in [0.2, 0.25) is 5.91 Å². The summed E-state index contributed by atoms with van der Waals surface area (Å²) < 4.78 is 5.87. The Morgan fingerprint density at radius 3 is 1.86 bits per heavy atom. The molecule has 0 atom stereocenters. The quantitative estimate of drug-likeness (QED) is 0.725. The van der Waals surface area contributed by atoms with E-state index in [2.05, 4.69) is 64.3 Å². The van der Waals surface area contributed by atoms with E-state index >= 15 is 0 Å². The maximum absolute atomic E-state index is 12.3. The van der Waals surface area contributed by atoms with Gasteiger partial charge in [0.25, 0.3) is 5.91 Å². The van der Waals surface area contributed by atoms with Gasteiger partial charge < -0.3 is 15.4 Å². The van der Waals surface area contributed by atoms with Gasteiger partial charge in [-0.25, -0.2) is 0 Å². The SMILES string of the molecule is CC(=O)Nc1ccc(NC(=O)COc2ccc(C(C)(C)C)cc2C(C)(C)C)cc1. The summed E-state index contributed by atoms with van der Waals surface area (Å²) in [6.07, 6.45) is 0. The van der Waals surface area contributed by atoms with Gasteiger partial charge in [0.05, 0.1) is 0 Å². The third kappa shape index (κ3) is 6.63. The van der Waals surface area contributed by atoms with E-state index in [0.717, 1.165) is 11.3 Å². The van der Waals surface area contributed by atoms with Crippen LogP contribution in [0.2, 0.25) is 0 Å². The van der Waals surface area contributed by atoms with Crippen molar-refractivity contribution in [2.45, 2.75) is 59.3 Å². The Labute approximate surface area is 173 Å². The summed E-state index contributed by atoms with van der Waals surface area (Å²) in [6.45, 7) is 14.3. The summed E-state index contributed by atoms with van der Waals surface area (Å²) in [6, 6.07) is 13.1. The summed E-state index contributed by atoms with van der Waals surface area (Å²) in [5.74, 6) is 0.348. The third-order valence-corrected chi connectivity index (χ3v) is 4.50. The fraction of sp³-hybridized carbons (Fsp3) is 0.417. The molecule has 0 aromatic heterocycles. The van der Waals surface area contributed by atoms with E-state index in [1.54, 1.807) is 24.3 Å². The molecule has 0 bridgehead atoms. The topological polar surface area (TPSA) is 67.4 Å². The van der Waals surface area contributed by atoms with Gasteiger partial charge in [0.1, 0.15) is 5.75 Å². The fourth-order valence-corrected chi connectivity index (χ4v) is 2.89. The lowest BCUT2D eigenvalue weighted by Gasteiger charge is -2.27. The fourth-order valence-electron chi connectivity index (χ4n) is 2.89. The van der Waals surface area contributed by atoms with Crippen LogP contribution in [-0.4, -0.2) is 18.4 Å². The maximum Gasteiger partial charge on any atom is 0.262 e. The van der Waals surface area contributed by atoms with E-state index in [0.29, 0.717) is 11.4 Å². The van der Waals surface area contributed by atoms with Crippen LogP contribution in [0, 0.1) is 0 Å². The number of anilines is 2. The highest BCUT2D eigenvalue weighted by Gasteiger charge is 2.23. The molecule has 0 radical (unpaired) electrons. The van der Waals surface area contributed by atoms with Crippen LogP contribution in [0.5, 0.6) is 5.75 Å². The van der Waals surface area contributed by atoms with E-state index in [1.165, 1.54) is 12.5 Å². The number of benzene rings is 2. The molecule has 0 aliphatic carbocycles. The summed E-state index contributed by atoms with van der Waals surface area (Å²) in [7, 11) is 0. The molecule has 2 amide bonds. The van der Waals surface area contributed by atoms with E-state index in [4.69, 9.17) is 4.74 Å². The predicted octanol–water partition coefficient (Wildman–Crippen LogP) is 5.26. The average Bonchev–Trinajstić information content (AvgIpc) is 2.59. The lowest BCUT2D eigenvalue weighted by atomic mass is 9.80. The zero-order valence-corrected chi connectivity index (χ0v) is 18.5. The Kier molecular flexibility index (Phi) is 6.73. The summed E-state index contributed by atoms with van der Waals surface area (Å²) in [4.78, 5) is 23.4. The van der Waals surface area contributed by atoms with Gasteiger partial charge in [-0.2, -0.15) is 0 Å². The van der Waals surface area contributed by atoms with Crippen LogP contribution in [0.1, 0.15) is 59.6 Å². The van der Waals surface area contributed by atoms with Crippen molar-refractivity contribution < 1.29 is 14.3 Å². The number of amides is 2. The first-order valence-corrected chi connectivity index (χ1v) is 9.81. The first-order valence-electron chi connectivity index (χ1n) is 9.81. The molecular weight excluding hydrogens is 364 g/mol. The molecule has 2 aromatic rings. The highest BCUT2D eigenvalue weighted by Crippen LogP contribution is 2.35. The molecule has 0 aliphatic heterocycles. The Bertz CT molecular complexity index is 872. The number of rotatable bonds is 5. The summed E-state index contributed by atoms with van der Waals surface area (Å²) in [5, 5.41) is 5.50. The van der Waals surface area contributed by atoms with Gasteiger partial charge in [0.15, 0.2) is 6.61 Å². The van der Waals surface area contributed by atoms with Crippen LogP contribution >= 0.6 is 0 Å². The third-order valence-electron chi connectivity index (χ3n) is 4.50. The van der Waals surface area contributed by atoms with E-state index < -0.39 is 0 Å². The van der Waals surface area contributed by atoms with Gasteiger partial charge >= 0.3 is 0 Å². The molecular formula is C24H32N2O3. The predicted molar refractivity (Wildman–Crippen MR) is 119 cm³/mol. The number of carbonyl (C=O) groups excluding carboxylic acids is 2. The largest absolute Gasteiger partial charge is 0.483 e. The number of nitrogens with one attached hydrogen (secondary N) is 2. The van der Waals surface area contributed by atoms with Crippen molar-refractivity contribution in [3.63, 3.8) is 0 Å². The minimum absolute atomic E-state index is 0.0410.